The molecule has 0 saturated carbocycles. The van der Waals surface area contributed by atoms with Crippen molar-refractivity contribution in [3.63, 3.8) is 0 Å². The SMILES string of the molecule is O=C(/C=C/N(O)Cc1ccccc1)c1ccc(F)cc1. The number of carbonyl (C=O) groups is 1. The molecule has 0 radical (unpaired) electrons. The molecule has 2 rings (SSSR count). The standard InChI is InChI=1S/C16H14FNO2/c17-15-8-6-14(7-9-15)16(19)10-11-18(20)12-13-4-2-1-3-5-13/h1-11,20H,12H2/b11-10+. The summed E-state index contributed by atoms with van der Waals surface area (Å²) in [5.41, 5.74) is 1.30. The lowest BCUT2D eigenvalue weighted by Crippen LogP contribution is -2.11. The molecule has 0 fully saturated rings. The average molecular weight is 271 g/mol. The van der Waals surface area contributed by atoms with Crippen LogP contribution in [0.5, 0.6) is 0 Å². The number of nitrogens with zero attached hydrogens (tertiary/aromatic N) is 1. The van der Waals surface area contributed by atoms with Crippen LogP contribution in [0.25, 0.3) is 0 Å². The van der Waals surface area contributed by atoms with E-state index in [1.165, 1.54) is 36.5 Å². The fourth-order valence-electron chi connectivity index (χ4n) is 1.69. The molecule has 0 spiro atoms. The summed E-state index contributed by atoms with van der Waals surface area (Å²) in [4.78, 5) is 11.8. The Bertz CT molecular complexity index is 594. The molecule has 3 nitrogen and oxygen atoms in total. The normalized spacial score (nSPS) is 10.7. The van der Waals surface area contributed by atoms with Crippen molar-refractivity contribution < 1.29 is 14.4 Å². The van der Waals surface area contributed by atoms with E-state index >= 15 is 0 Å². The molecule has 0 aliphatic heterocycles. The van der Waals surface area contributed by atoms with Gasteiger partial charge in [-0.05, 0) is 29.8 Å². The van der Waals surface area contributed by atoms with Gasteiger partial charge < -0.3 is 0 Å². The Morgan fingerprint density at radius 2 is 1.75 bits per heavy atom. The molecule has 0 heterocycles. The van der Waals surface area contributed by atoms with Crippen LogP contribution >= 0.6 is 0 Å². The first kappa shape index (κ1) is 14.0. The summed E-state index contributed by atoms with van der Waals surface area (Å²) in [7, 11) is 0. The van der Waals surface area contributed by atoms with E-state index in [-0.39, 0.29) is 12.3 Å². The van der Waals surface area contributed by atoms with E-state index in [0.717, 1.165) is 10.6 Å². The maximum Gasteiger partial charge on any atom is 0.187 e. The van der Waals surface area contributed by atoms with Gasteiger partial charge in [-0.15, -0.1) is 0 Å². The van der Waals surface area contributed by atoms with Crippen LogP contribution < -0.4 is 0 Å². The fourth-order valence-corrected chi connectivity index (χ4v) is 1.69. The molecule has 4 heteroatoms. The smallest absolute Gasteiger partial charge is 0.187 e. The lowest BCUT2D eigenvalue weighted by molar-refractivity contribution is -0.0491. The van der Waals surface area contributed by atoms with Crippen LogP contribution in [0.3, 0.4) is 0 Å². The van der Waals surface area contributed by atoms with Gasteiger partial charge in [0.1, 0.15) is 5.82 Å². The van der Waals surface area contributed by atoms with Gasteiger partial charge in [-0.1, -0.05) is 30.3 Å². The zero-order chi connectivity index (χ0) is 14.4. The van der Waals surface area contributed by atoms with Crippen LogP contribution in [0.2, 0.25) is 0 Å². The monoisotopic (exact) mass is 271 g/mol. The maximum atomic E-state index is 12.7. The van der Waals surface area contributed by atoms with Gasteiger partial charge in [0.15, 0.2) is 5.78 Å². The number of carbonyl (C=O) groups excluding carboxylic acids is 1. The van der Waals surface area contributed by atoms with Crippen molar-refractivity contribution in [3.05, 3.63) is 83.8 Å². The molecule has 1 N–H and O–H groups in total. The van der Waals surface area contributed by atoms with Crippen LogP contribution in [-0.2, 0) is 6.54 Å². The molecule has 0 saturated heterocycles. The summed E-state index contributed by atoms with van der Waals surface area (Å²) in [5.74, 6) is -0.685. The Morgan fingerprint density at radius 1 is 1.10 bits per heavy atom. The predicted molar refractivity (Wildman–Crippen MR) is 73.6 cm³/mol. The van der Waals surface area contributed by atoms with Crippen molar-refractivity contribution in [2.75, 3.05) is 0 Å². The minimum atomic E-state index is -0.390. The maximum absolute atomic E-state index is 12.7. The van der Waals surface area contributed by atoms with E-state index in [4.69, 9.17) is 0 Å². The Morgan fingerprint density at radius 3 is 2.40 bits per heavy atom. The summed E-state index contributed by atoms with van der Waals surface area (Å²) in [6, 6.07) is 14.6. The van der Waals surface area contributed by atoms with Gasteiger partial charge in [-0.2, -0.15) is 0 Å². The van der Waals surface area contributed by atoms with Crippen LogP contribution in [0.4, 0.5) is 4.39 Å². The van der Waals surface area contributed by atoms with E-state index in [1.54, 1.807) is 0 Å². The van der Waals surface area contributed by atoms with E-state index in [9.17, 15) is 14.4 Å². The van der Waals surface area contributed by atoms with Crippen molar-refractivity contribution in [1.82, 2.24) is 5.06 Å². The van der Waals surface area contributed by atoms with Gasteiger partial charge in [0, 0.05) is 17.8 Å². The largest absolute Gasteiger partial charge is 0.289 e. The van der Waals surface area contributed by atoms with Crippen molar-refractivity contribution >= 4 is 5.78 Å². The molecule has 0 aliphatic carbocycles. The summed E-state index contributed by atoms with van der Waals surface area (Å²) >= 11 is 0. The molecule has 0 unspecified atom stereocenters. The summed E-state index contributed by atoms with van der Waals surface area (Å²) in [6.07, 6.45) is 2.54. The molecule has 0 aromatic heterocycles. The highest BCUT2D eigenvalue weighted by Crippen LogP contribution is 2.06. The molecule has 2 aromatic rings. The number of ketones is 1. The molecular weight excluding hydrogens is 257 g/mol. The Labute approximate surface area is 116 Å². The third kappa shape index (κ3) is 4.03. The first-order chi connectivity index (χ1) is 9.65. The lowest BCUT2D eigenvalue weighted by Gasteiger charge is -2.11. The van der Waals surface area contributed by atoms with Crippen molar-refractivity contribution in [2.45, 2.75) is 6.54 Å². The van der Waals surface area contributed by atoms with Gasteiger partial charge in [0.25, 0.3) is 0 Å². The lowest BCUT2D eigenvalue weighted by atomic mass is 10.1. The molecular formula is C16H14FNO2. The molecule has 0 atom stereocenters. The second-order valence-corrected chi connectivity index (χ2v) is 4.27. The van der Waals surface area contributed by atoms with E-state index < -0.39 is 5.82 Å². The Balaban J connectivity index is 1.95. The topological polar surface area (TPSA) is 40.5 Å². The average Bonchev–Trinajstić information content (AvgIpc) is 2.46. The number of hydrogen-bond acceptors (Lipinski definition) is 3. The van der Waals surface area contributed by atoms with Crippen molar-refractivity contribution in [1.29, 1.82) is 0 Å². The van der Waals surface area contributed by atoms with E-state index in [0.29, 0.717) is 5.56 Å². The number of allylic oxidation sites excluding steroid dienone is 1. The molecule has 0 bridgehead atoms. The highest BCUT2D eigenvalue weighted by molar-refractivity contribution is 6.04. The molecule has 0 aliphatic rings. The summed E-state index contributed by atoms with van der Waals surface area (Å²) in [6.45, 7) is 0.286. The first-order valence-corrected chi connectivity index (χ1v) is 6.13. The van der Waals surface area contributed by atoms with Crippen LogP contribution in [-0.4, -0.2) is 16.1 Å². The number of hydroxylamine groups is 2. The molecule has 20 heavy (non-hydrogen) atoms. The van der Waals surface area contributed by atoms with Crippen LogP contribution in [0.15, 0.2) is 66.9 Å². The first-order valence-electron chi connectivity index (χ1n) is 6.13. The third-order valence-corrected chi connectivity index (χ3v) is 2.71. The zero-order valence-electron chi connectivity index (χ0n) is 10.7. The van der Waals surface area contributed by atoms with Gasteiger partial charge in [-0.25, -0.2) is 4.39 Å². The number of hydrogen-bond donors (Lipinski definition) is 1. The van der Waals surface area contributed by atoms with Crippen molar-refractivity contribution in [2.24, 2.45) is 0 Å². The van der Waals surface area contributed by atoms with Gasteiger partial charge in [0.2, 0.25) is 0 Å². The zero-order valence-corrected chi connectivity index (χ0v) is 10.7. The quantitative estimate of drug-likeness (QED) is 0.514. The Kier molecular flexibility index (Phi) is 4.63. The Hall–Kier alpha value is -2.46. The molecule has 0 amide bonds. The van der Waals surface area contributed by atoms with E-state index in [2.05, 4.69) is 0 Å². The minimum absolute atomic E-state index is 0.286. The minimum Gasteiger partial charge on any atom is -0.289 e. The fraction of sp³-hybridized carbons (Fsp3) is 0.0625. The predicted octanol–water partition coefficient (Wildman–Crippen LogP) is 3.41. The molecule has 2 aromatic carbocycles. The van der Waals surface area contributed by atoms with Crippen LogP contribution in [0, 0.1) is 5.82 Å². The van der Waals surface area contributed by atoms with Crippen molar-refractivity contribution in [3.8, 4) is 0 Å². The highest BCUT2D eigenvalue weighted by Gasteiger charge is 2.02. The van der Waals surface area contributed by atoms with Gasteiger partial charge >= 0.3 is 0 Å². The van der Waals surface area contributed by atoms with Gasteiger partial charge in [-0.3, -0.25) is 15.1 Å². The number of benzene rings is 2. The second-order valence-electron chi connectivity index (χ2n) is 4.27. The third-order valence-electron chi connectivity index (χ3n) is 2.71. The number of rotatable bonds is 5. The number of halogens is 1. The summed E-state index contributed by atoms with van der Waals surface area (Å²) < 4.78 is 12.7. The summed E-state index contributed by atoms with van der Waals surface area (Å²) in [5, 5.41) is 10.6. The highest BCUT2D eigenvalue weighted by atomic mass is 19.1. The van der Waals surface area contributed by atoms with E-state index in [1.807, 2.05) is 30.3 Å². The second kappa shape index (κ2) is 6.63. The van der Waals surface area contributed by atoms with Crippen LogP contribution in [0.1, 0.15) is 15.9 Å². The van der Waals surface area contributed by atoms with Gasteiger partial charge in [0.05, 0.1) is 6.54 Å². The molecule has 102 valence electrons.